The summed E-state index contributed by atoms with van der Waals surface area (Å²) < 4.78 is 11.3. The fourth-order valence-corrected chi connectivity index (χ4v) is 4.07. The van der Waals surface area contributed by atoms with Gasteiger partial charge in [0.2, 0.25) is 0 Å². The second-order valence-electron chi connectivity index (χ2n) is 9.91. The molecule has 0 heterocycles. The Kier molecular flexibility index (Phi) is 5.54. The second-order valence-corrected chi connectivity index (χ2v) is 9.91. The van der Waals surface area contributed by atoms with Gasteiger partial charge in [-0.3, -0.25) is 14.4 Å². The van der Waals surface area contributed by atoms with Crippen LogP contribution in [0, 0.1) is 16.7 Å². The molecule has 0 aromatic rings. The van der Waals surface area contributed by atoms with E-state index in [1.165, 1.54) is 6.08 Å². The number of hydrogen-bond donors (Lipinski definition) is 0. The van der Waals surface area contributed by atoms with Crippen LogP contribution in [-0.4, -0.2) is 28.9 Å². The van der Waals surface area contributed by atoms with E-state index in [1.807, 2.05) is 13.0 Å². The van der Waals surface area contributed by atoms with Crippen LogP contribution >= 0.6 is 0 Å². The maximum Gasteiger partial charge on any atom is 0.324 e. The molecule has 1 fully saturated rings. The minimum absolute atomic E-state index is 0.0991. The van der Waals surface area contributed by atoms with Crippen molar-refractivity contribution in [1.29, 1.82) is 0 Å². The van der Waals surface area contributed by atoms with E-state index in [-0.39, 0.29) is 24.5 Å². The van der Waals surface area contributed by atoms with Gasteiger partial charge in [0.05, 0.1) is 0 Å². The molecule has 1 saturated carbocycles. The zero-order valence-electron chi connectivity index (χ0n) is 18.0. The van der Waals surface area contributed by atoms with Crippen LogP contribution in [0.25, 0.3) is 0 Å². The van der Waals surface area contributed by atoms with Gasteiger partial charge in [0.25, 0.3) is 0 Å². The molecule has 5 nitrogen and oxygen atoms in total. The summed E-state index contributed by atoms with van der Waals surface area (Å²) in [6, 6.07) is 0. The molecule has 0 amide bonds. The highest BCUT2D eigenvalue weighted by Gasteiger charge is 2.63. The Balaban J connectivity index is 2.57. The normalized spacial score (nSPS) is 26.8. The van der Waals surface area contributed by atoms with Crippen LogP contribution in [0.1, 0.15) is 61.3 Å². The molecular formula is C23H32O5. The molecule has 0 bridgehead atoms. The molecule has 5 heteroatoms. The van der Waals surface area contributed by atoms with Crippen LogP contribution in [0.2, 0.25) is 0 Å². The molecule has 2 rings (SSSR count). The number of hydrogen-bond acceptors (Lipinski definition) is 5. The van der Waals surface area contributed by atoms with Crippen molar-refractivity contribution in [3.8, 4) is 0 Å². The molecule has 28 heavy (non-hydrogen) atoms. The highest BCUT2D eigenvalue weighted by molar-refractivity contribution is 6.03. The van der Waals surface area contributed by atoms with Crippen LogP contribution in [0.15, 0.2) is 36.5 Å². The molecule has 0 saturated heterocycles. The Hall–Kier alpha value is -2.17. The van der Waals surface area contributed by atoms with E-state index in [1.54, 1.807) is 53.7 Å². The highest BCUT2D eigenvalue weighted by atomic mass is 16.6. The van der Waals surface area contributed by atoms with Gasteiger partial charge in [-0.15, -0.1) is 6.58 Å². The molecule has 0 radical (unpaired) electrons. The molecule has 0 aromatic carbocycles. The summed E-state index contributed by atoms with van der Waals surface area (Å²) in [7, 11) is 0. The lowest BCUT2D eigenvalue weighted by Crippen LogP contribution is -2.46. The Morgan fingerprint density at radius 2 is 1.61 bits per heavy atom. The Morgan fingerprint density at radius 3 is 2.00 bits per heavy atom. The number of ketones is 1. The smallest absolute Gasteiger partial charge is 0.324 e. The Labute approximate surface area is 167 Å². The van der Waals surface area contributed by atoms with Crippen molar-refractivity contribution in [3.63, 3.8) is 0 Å². The van der Waals surface area contributed by atoms with E-state index in [0.29, 0.717) is 0 Å². The molecule has 0 aliphatic heterocycles. The van der Waals surface area contributed by atoms with Crippen LogP contribution < -0.4 is 0 Å². The third kappa shape index (κ3) is 4.13. The van der Waals surface area contributed by atoms with Crippen molar-refractivity contribution in [2.75, 3.05) is 0 Å². The molecule has 2 aliphatic carbocycles. The first-order chi connectivity index (χ1) is 12.7. The van der Waals surface area contributed by atoms with E-state index in [9.17, 15) is 14.4 Å². The number of esters is 2. The fourth-order valence-electron chi connectivity index (χ4n) is 4.07. The zero-order chi connectivity index (χ0) is 21.5. The summed E-state index contributed by atoms with van der Waals surface area (Å²) in [6.07, 6.45) is 7.05. The van der Waals surface area contributed by atoms with Crippen molar-refractivity contribution in [2.45, 2.75) is 72.5 Å². The molecular weight excluding hydrogens is 356 g/mol. The largest absolute Gasteiger partial charge is 0.459 e. The molecule has 1 spiro atoms. The SMILES string of the molecule is C=C[C@@H]1CC(C(=O)OC(C)(C)C)(C(=O)OC(C)(C)C)C[C@@]12C=CC(=O)C=C2C. The first kappa shape index (κ1) is 22.1. The van der Waals surface area contributed by atoms with Crippen LogP contribution in [0.3, 0.4) is 0 Å². The number of rotatable bonds is 3. The van der Waals surface area contributed by atoms with Gasteiger partial charge in [-0.2, -0.15) is 0 Å². The number of ether oxygens (including phenoxy) is 2. The summed E-state index contributed by atoms with van der Waals surface area (Å²) in [4.78, 5) is 38.4. The lowest BCUT2D eigenvalue weighted by Gasteiger charge is -2.36. The molecule has 2 aliphatic rings. The molecule has 2 atom stereocenters. The van der Waals surface area contributed by atoms with Crippen molar-refractivity contribution in [3.05, 3.63) is 36.5 Å². The molecule has 154 valence electrons. The first-order valence-corrected chi connectivity index (χ1v) is 9.67. The van der Waals surface area contributed by atoms with Crippen molar-refractivity contribution in [2.24, 2.45) is 16.7 Å². The monoisotopic (exact) mass is 388 g/mol. The van der Waals surface area contributed by atoms with Crippen LogP contribution in [0.5, 0.6) is 0 Å². The third-order valence-electron chi connectivity index (χ3n) is 5.33. The standard InChI is InChI=1S/C23H32O5/c1-9-16-13-23(18(25)27-20(3,4)5,19(26)28-21(6,7)8)14-22(16)11-10-17(24)12-15(22)2/h9-12,16H,1,13-14H2,2-8H3/t16-,22-/m1/s1. The number of carbonyl (C=O) groups excluding carboxylic acids is 3. The number of allylic oxidation sites excluding steroid dienone is 5. The molecule has 0 aromatic heterocycles. The van der Waals surface area contributed by atoms with Crippen molar-refractivity contribution >= 4 is 17.7 Å². The molecule has 0 N–H and O–H groups in total. The van der Waals surface area contributed by atoms with Crippen LogP contribution in [0.4, 0.5) is 0 Å². The van der Waals surface area contributed by atoms with E-state index >= 15 is 0 Å². The summed E-state index contributed by atoms with van der Waals surface area (Å²) >= 11 is 0. The van der Waals surface area contributed by atoms with Gasteiger partial charge in [-0.1, -0.05) is 17.7 Å². The minimum Gasteiger partial charge on any atom is -0.459 e. The van der Waals surface area contributed by atoms with Gasteiger partial charge >= 0.3 is 11.9 Å². The predicted octanol–water partition coefficient (Wildman–Crippen LogP) is 4.32. The average molecular weight is 389 g/mol. The van der Waals surface area contributed by atoms with Crippen molar-refractivity contribution < 1.29 is 23.9 Å². The summed E-state index contributed by atoms with van der Waals surface area (Å²) in [5.41, 5.74) is -2.76. The minimum atomic E-state index is -1.46. The second kappa shape index (κ2) is 7.02. The fraction of sp³-hybridized carbons (Fsp3) is 0.609. The summed E-state index contributed by atoms with van der Waals surface area (Å²) in [6.45, 7) is 16.4. The average Bonchev–Trinajstić information content (AvgIpc) is 2.85. The van der Waals surface area contributed by atoms with Gasteiger partial charge < -0.3 is 9.47 Å². The van der Waals surface area contributed by atoms with Gasteiger partial charge in [0, 0.05) is 5.41 Å². The molecule has 0 unspecified atom stereocenters. The van der Waals surface area contributed by atoms with E-state index in [4.69, 9.17) is 9.47 Å². The van der Waals surface area contributed by atoms with Gasteiger partial charge in [-0.05, 0) is 79.4 Å². The predicted molar refractivity (Wildman–Crippen MR) is 107 cm³/mol. The summed E-state index contributed by atoms with van der Waals surface area (Å²) in [5, 5.41) is 0. The Bertz CT molecular complexity index is 729. The quantitative estimate of drug-likeness (QED) is 0.409. The summed E-state index contributed by atoms with van der Waals surface area (Å²) in [5.74, 6) is -1.47. The first-order valence-electron chi connectivity index (χ1n) is 9.67. The van der Waals surface area contributed by atoms with E-state index < -0.39 is 34.0 Å². The zero-order valence-corrected chi connectivity index (χ0v) is 18.0. The maximum atomic E-state index is 13.3. The van der Waals surface area contributed by atoms with Crippen molar-refractivity contribution in [1.82, 2.24) is 0 Å². The van der Waals surface area contributed by atoms with E-state index in [0.717, 1.165) is 5.57 Å². The van der Waals surface area contributed by atoms with Gasteiger partial charge in [-0.25, -0.2) is 0 Å². The third-order valence-corrected chi connectivity index (χ3v) is 5.33. The highest BCUT2D eigenvalue weighted by Crippen LogP contribution is 2.60. The maximum absolute atomic E-state index is 13.3. The lowest BCUT2D eigenvalue weighted by atomic mass is 9.69. The van der Waals surface area contributed by atoms with Crippen LogP contribution in [-0.2, 0) is 23.9 Å². The Morgan fingerprint density at radius 1 is 1.11 bits per heavy atom. The number of carbonyl (C=O) groups is 3. The van der Waals surface area contributed by atoms with Gasteiger partial charge in [0.15, 0.2) is 11.2 Å². The van der Waals surface area contributed by atoms with Gasteiger partial charge in [0.1, 0.15) is 11.2 Å². The topological polar surface area (TPSA) is 69.7 Å². The van der Waals surface area contributed by atoms with E-state index in [2.05, 4.69) is 6.58 Å². The lowest BCUT2D eigenvalue weighted by molar-refractivity contribution is -0.185.